The third-order valence-corrected chi connectivity index (χ3v) is 4.95. The maximum Gasteiger partial charge on any atom is 0.225 e. The fourth-order valence-corrected chi connectivity index (χ4v) is 3.37. The lowest BCUT2D eigenvalue weighted by Crippen LogP contribution is -2.49. The number of rotatable bonds is 3. The van der Waals surface area contributed by atoms with E-state index in [1.165, 1.54) is 24.4 Å². The molecule has 0 bridgehead atoms. The molecule has 102 valence electrons. The van der Waals surface area contributed by atoms with Crippen LogP contribution < -0.4 is 4.90 Å². The second-order valence-corrected chi connectivity index (χ2v) is 6.53. The highest BCUT2D eigenvalue weighted by Gasteiger charge is 2.35. The van der Waals surface area contributed by atoms with Crippen LogP contribution in [0.4, 0.5) is 5.13 Å². The van der Waals surface area contributed by atoms with Crippen LogP contribution in [-0.2, 0) is 4.79 Å². The zero-order chi connectivity index (χ0) is 12.8. The van der Waals surface area contributed by atoms with Crippen molar-refractivity contribution in [1.29, 1.82) is 0 Å². The average Bonchev–Trinajstić information content (AvgIpc) is 3.37. The van der Waals surface area contributed by atoms with Crippen LogP contribution in [0.25, 0.3) is 0 Å². The first-order chi connectivity index (χ1) is 9.31. The second-order valence-electron chi connectivity index (χ2n) is 5.80. The predicted octanol–water partition coefficient (Wildman–Crippen LogP) is 1.47. The van der Waals surface area contributed by atoms with E-state index in [-0.39, 0.29) is 0 Å². The van der Waals surface area contributed by atoms with Crippen LogP contribution in [0.1, 0.15) is 37.4 Å². The number of amides is 1. The monoisotopic (exact) mass is 278 g/mol. The molecule has 0 aromatic carbocycles. The van der Waals surface area contributed by atoms with Crippen molar-refractivity contribution >= 4 is 22.6 Å². The number of hydrogen-bond donors (Lipinski definition) is 0. The number of carbonyl (C=O) groups excluding carboxylic acids is 1. The molecule has 0 N–H and O–H groups in total. The van der Waals surface area contributed by atoms with Gasteiger partial charge in [0, 0.05) is 49.5 Å². The number of anilines is 1. The molecule has 0 unspecified atom stereocenters. The molecule has 3 aliphatic rings. The quantitative estimate of drug-likeness (QED) is 0.840. The lowest BCUT2D eigenvalue weighted by atomic mass is 10.3. The Labute approximate surface area is 116 Å². The number of carbonyl (C=O) groups is 1. The molecule has 5 nitrogen and oxygen atoms in total. The van der Waals surface area contributed by atoms with Crippen LogP contribution in [-0.4, -0.2) is 46.3 Å². The molecule has 0 atom stereocenters. The van der Waals surface area contributed by atoms with Crippen molar-refractivity contribution in [3.63, 3.8) is 0 Å². The third kappa shape index (κ3) is 2.33. The number of piperazine rings is 1. The van der Waals surface area contributed by atoms with Crippen molar-refractivity contribution < 1.29 is 4.79 Å². The molecule has 19 heavy (non-hydrogen) atoms. The van der Waals surface area contributed by atoms with Gasteiger partial charge in [0.2, 0.25) is 11.0 Å². The molecular formula is C13H18N4OS. The lowest BCUT2D eigenvalue weighted by molar-refractivity contribution is -0.132. The molecule has 2 saturated carbocycles. The molecule has 1 aliphatic heterocycles. The zero-order valence-electron chi connectivity index (χ0n) is 10.9. The second kappa shape index (κ2) is 4.44. The maximum atomic E-state index is 12.0. The van der Waals surface area contributed by atoms with Crippen molar-refractivity contribution in [2.24, 2.45) is 5.92 Å². The highest BCUT2D eigenvalue weighted by Crippen LogP contribution is 2.39. The third-order valence-electron chi connectivity index (χ3n) is 4.16. The highest BCUT2D eigenvalue weighted by atomic mass is 32.1. The zero-order valence-corrected chi connectivity index (χ0v) is 11.7. The normalized spacial score (nSPS) is 23.8. The van der Waals surface area contributed by atoms with E-state index in [1.54, 1.807) is 0 Å². The number of nitrogens with zero attached hydrogens (tertiary/aromatic N) is 4. The Hall–Kier alpha value is -1.17. The van der Waals surface area contributed by atoms with E-state index in [1.807, 2.05) is 4.90 Å². The summed E-state index contributed by atoms with van der Waals surface area (Å²) in [5.74, 6) is 2.38. The van der Waals surface area contributed by atoms with Gasteiger partial charge in [0.05, 0.1) is 0 Å². The molecule has 0 radical (unpaired) electrons. The van der Waals surface area contributed by atoms with Gasteiger partial charge in [-0.1, -0.05) is 0 Å². The Morgan fingerprint density at radius 2 is 1.84 bits per heavy atom. The van der Waals surface area contributed by atoms with Crippen LogP contribution in [0.5, 0.6) is 0 Å². The lowest BCUT2D eigenvalue weighted by Gasteiger charge is -2.34. The van der Waals surface area contributed by atoms with E-state index in [9.17, 15) is 4.79 Å². The molecule has 4 rings (SSSR count). The number of aromatic nitrogens is 2. The van der Waals surface area contributed by atoms with E-state index >= 15 is 0 Å². The minimum Gasteiger partial charge on any atom is -0.343 e. The summed E-state index contributed by atoms with van der Waals surface area (Å²) in [6.07, 6.45) is 4.69. The first-order valence-electron chi connectivity index (χ1n) is 7.18. The summed E-state index contributed by atoms with van der Waals surface area (Å²) in [5, 5.41) is 1.04. The smallest absolute Gasteiger partial charge is 0.225 e. The Morgan fingerprint density at radius 1 is 1.11 bits per heavy atom. The minimum absolute atomic E-state index is 0.342. The number of hydrogen-bond acceptors (Lipinski definition) is 5. The van der Waals surface area contributed by atoms with E-state index in [4.69, 9.17) is 0 Å². The molecule has 2 aliphatic carbocycles. The molecule has 3 fully saturated rings. The van der Waals surface area contributed by atoms with Gasteiger partial charge in [-0.3, -0.25) is 4.79 Å². The first-order valence-corrected chi connectivity index (χ1v) is 7.96. The Morgan fingerprint density at radius 3 is 2.47 bits per heavy atom. The van der Waals surface area contributed by atoms with Crippen molar-refractivity contribution in [3.05, 3.63) is 5.82 Å². The van der Waals surface area contributed by atoms with Crippen LogP contribution in [0.3, 0.4) is 0 Å². The van der Waals surface area contributed by atoms with Gasteiger partial charge >= 0.3 is 0 Å². The fourth-order valence-electron chi connectivity index (χ4n) is 2.57. The Balaban J connectivity index is 1.37. The summed E-state index contributed by atoms with van der Waals surface area (Å²) in [6.45, 7) is 3.48. The van der Waals surface area contributed by atoms with Crippen LogP contribution in [0.2, 0.25) is 0 Å². The van der Waals surface area contributed by atoms with Gasteiger partial charge in [-0.15, -0.1) is 0 Å². The Kier molecular flexibility index (Phi) is 2.72. The van der Waals surface area contributed by atoms with E-state index in [0.717, 1.165) is 50.0 Å². The van der Waals surface area contributed by atoms with Crippen molar-refractivity contribution in [1.82, 2.24) is 14.3 Å². The summed E-state index contributed by atoms with van der Waals surface area (Å²) in [7, 11) is 0. The maximum absolute atomic E-state index is 12.0. The van der Waals surface area contributed by atoms with Gasteiger partial charge in [-0.25, -0.2) is 4.98 Å². The highest BCUT2D eigenvalue weighted by molar-refractivity contribution is 7.09. The van der Waals surface area contributed by atoms with Gasteiger partial charge in [-0.05, 0) is 25.7 Å². The molecule has 2 heterocycles. The van der Waals surface area contributed by atoms with Crippen LogP contribution in [0.15, 0.2) is 0 Å². The SMILES string of the molecule is O=C(C1CC1)N1CCN(c2nc(C3CC3)ns2)CC1. The standard InChI is InChI=1S/C13H18N4OS/c18-12(10-3-4-10)16-5-7-17(8-6-16)13-14-11(15-19-13)9-1-2-9/h9-10H,1-8H2. The van der Waals surface area contributed by atoms with Gasteiger partial charge in [-0.2, -0.15) is 4.37 Å². The van der Waals surface area contributed by atoms with Crippen LogP contribution in [0, 0.1) is 5.92 Å². The van der Waals surface area contributed by atoms with Gasteiger partial charge in [0.25, 0.3) is 0 Å². The summed E-state index contributed by atoms with van der Waals surface area (Å²) < 4.78 is 4.45. The molecular weight excluding hydrogens is 260 g/mol. The predicted molar refractivity (Wildman–Crippen MR) is 73.4 cm³/mol. The first kappa shape index (κ1) is 11.6. The summed E-state index contributed by atoms with van der Waals surface area (Å²) >= 11 is 1.51. The largest absolute Gasteiger partial charge is 0.343 e. The summed E-state index contributed by atoms with van der Waals surface area (Å²) in [4.78, 5) is 20.9. The van der Waals surface area contributed by atoms with Crippen molar-refractivity contribution in [2.75, 3.05) is 31.1 Å². The van der Waals surface area contributed by atoms with Gasteiger partial charge < -0.3 is 9.80 Å². The molecule has 1 amide bonds. The van der Waals surface area contributed by atoms with Crippen molar-refractivity contribution in [3.8, 4) is 0 Å². The minimum atomic E-state index is 0.342. The van der Waals surface area contributed by atoms with Crippen molar-refractivity contribution in [2.45, 2.75) is 31.6 Å². The summed E-state index contributed by atoms with van der Waals surface area (Å²) in [6, 6.07) is 0. The molecule has 0 spiro atoms. The van der Waals surface area contributed by atoms with Crippen LogP contribution >= 0.6 is 11.5 Å². The van der Waals surface area contributed by atoms with Gasteiger partial charge in [0.1, 0.15) is 5.82 Å². The van der Waals surface area contributed by atoms with E-state index in [2.05, 4.69) is 14.3 Å². The fraction of sp³-hybridized carbons (Fsp3) is 0.769. The Bertz CT molecular complexity index is 487. The van der Waals surface area contributed by atoms with E-state index in [0.29, 0.717) is 17.7 Å². The summed E-state index contributed by atoms with van der Waals surface area (Å²) in [5.41, 5.74) is 0. The van der Waals surface area contributed by atoms with E-state index < -0.39 is 0 Å². The molecule has 1 saturated heterocycles. The van der Waals surface area contributed by atoms with Gasteiger partial charge in [0.15, 0.2) is 0 Å². The molecule has 1 aromatic heterocycles. The molecule has 1 aromatic rings. The average molecular weight is 278 g/mol. The topological polar surface area (TPSA) is 49.3 Å². The molecule has 6 heteroatoms.